The van der Waals surface area contributed by atoms with E-state index >= 15 is 0 Å². The Morgan fingerprint density at radius 1 is 0.966 bits per heavy atom. The van der Waals surface area contributed by atoms with E-state index in [1.54, 1.807) is 36.4 Å². The number of para-hydroxylation sites is 2. The van der Waals surface area contributed by atoms with Gasteiger partial charge < -0.3 is 8.83 Å². The van der Waals surface area contributed by atoms with E-state index in [0.717, 1.165) is 10.2 Å². The summed E-state index contributed by atoms with van der Waals surface area (Å²) in [6.07, 6.45) is 1.52. The molecule has 0 spiro atoms. The first kappa shape index (κ1) is 16.3. The molecule has 29 heavy (non-hydrogen) atoms. The Bertz CT molecular complexity index is 1430. The van der Waals surface area contributed by atoms with Gasteiger partial charge in [-0.15, -0.1) is 0 Å². The van der Waals surface area contributed by atoms with Crippen molar-refractivity contribution in [2.75, 3.05) is 4.90 Å². The van der Waals surface area contributed by atoms with Crippen LogP contribution in [-0.2, 0) is 0 Å². The first-order valence-corrected chi connectivity index (χ1v) is 9.82. The molecule has 2 aromatic carbocycles. The molecule has 1 atom stereocenters. The Hall–Kier alpha value is -3.71. The smallest absolute Gasteiger partial charge is 0.297 e. The molecule has 0 radical (unpaired) electrons. The second-order valence-corrected chi connectivity index (χ2v) is 7.74. The number of carbonyl (C=O) groups excluding carboxylic acids is 1. The van der Waals surface area contributed by atoms with Gasteiger partial charge in [0.05, 0.1) is 27.4 Å². The zero-order valence-corrected chi connectivity index (χ0v) is 15.7. The van der Waals surface area contributed by atoms with Gasteiger partial charge in [0.25, 0.3) is 5.91 Å². The number of amides is 1. The second kappa shape index (κ2) is 5.89. The van der Waals surface area contributed by atoms with Crippen LogP contribution >= 0.6 is 11.3 Å². The van der Waals surface area contributed by atoms with E-state index in [9.17, 15) is 9.59 Å². The second-order valence-electron chi connectivity index (χ2n) is 6.73. The van der Waals surface area contributed by atoms with E-state index in [1.807, 2.05) is 24.3 Å². The SMILES string of the molecule is O=C1c2oc3ccccc3c(=O)c2[C@H](c2ccco2)N1c1nc2ccccc2s1. The molecule has 140 valence electrons. The van der Waals surface area contributed by atoms with Crippen LogP contribution in [-0.4, -0.2) is 10.9 Å². The third-order valence-electron chi connectivity index (χ3n) is 5.08. The van der Waals surface area contributed by atoms with Gasteiger partial charge in [0.15, 0.2) is 10.6 Å². The number of rotatable bonds is 2. The summed E-state index contributed by atoms with van der Waals surface area (Å²) in [6.45, 7) is 0. The van der Waals surface area contributed by atoms with E-state index in [1.165, 1.54) is 22.5 Å². The molecule has 1 aliphatic heterocycles. The minimum atomic E-state index is -0.728. The number of benzene rings is 2. The predicted octanol–water partition coefficient (Wildman–Crippen LogP) is 4.75. The predicted molar refractivity (Wildman–Crippen MR) is 109 cm³/mol. The van der Waals surface area contributed by atoms with Crippen molar-refractivity contribution in [2.45, 2.75) is 6.04 Å². The number of thiazole rings is 1. The van der Waals surface area contributed by atoms with Crippen molar-refractivity contribution in [3.8, 4) is 0 Å². The van der Waals surface area contributed by atoms with Crippen molar-refractivity contribution in [1.82, 2.24) is 4.98 Å². The molecule has 0 unspecified atom stereocenters. The van der Waals surface area contributed by atoms with E-state index in [-0.39, 0.29) is 16.8 Å². The van der Waals surface area contributed by atoms with Gasteiger partial charge in [0, 0.05) is 0 Å². The average Bonchev–Trinajstić information content (AvgIpc) is 3.46. The van der Waals surface area contributed by atoms with Crippen LogP contribution < -0.4 is 10.3 Å². The zero-order chi connectivity index (χ0) is 19.5. The highest BCUT2D eigenvalue weighted by molar-refractivity contribution is 7.22. The van der Waals surface area contributed by atoms with Crippen LogP contribution in [0.15, 0.2) is 80.6 Å². The van der Waals surface area contributed by atoms with Gasteiger partial charge in [-0.2, -0.15) is 0 Å². The summed E-state index contributed by atoms with van der Waals surface area (Å²) < 4.78 is 12.5. The summed E-state index contributed by atoms with van der Waals surface area (Å²) in [5.74, 6) is 0.122. The van der Waals surface area contributed by atoms with E-state index in [0.29, 0.717) is 21.9 Å². The molecule has 4 heterocycles. The molecule has 0 bridgehead atoms. The van der Waals surface area contributed by atoms with Crippen LogP contribution in [0.5, 0.6) is 0 Å². The lowest BCUT2D eigenvalue weighted by molar-refractivity contribution is 0.0969. The molecule has 1 aliphatic rings. The Kier molecular flexibility index (Phi) is 3.30. The highest BCUT2D eigenvalue weighted by Gasteiger charge is 2.46. The Balaban J connectivity index is 1.65. The molecule has 6 rings (SSSR count). The van der Waals surface area contributed by atoms with Crippen molar-refractivity contribution in [3.63, 3.8) is 0 Å². The van der Waals surface area contributed by atoms with E-state index in [4.69, 9.17) is 8.83 Å². The lowest BCUT2D eigenvalue weighted by Crippen LogP contribution is -2.29. The van der Waals surface area contributed by atoms with Gasteiger partial charge in [-0.25, -0.2) is 4.98 Å². The van der Waals surface area contributed by atoms with Crippen LogP contribution in [0.1, 0.15) is 27.9 Å². The van der Waals surface area contributed by atoms with E-state index in [2.05, 4.69) is 4.98 Å². The molecular formula is C22H12N2O4S. The maximum absolute atomic E-state index is 13.4. The molecule has 6 nitrogen and oxygen atoms in total. The largest absolute Gasteiger partial charge is 0.467 e. The fourth-order valence-electron chi connectivity index (χ4n) is 3.80. The van der Waals surface area contributed by atoms with Crippen molar-refractivity contribution in [2.24, 2.45) is 0 Å². The molecule has 1 amide bonds. The maximum Gasteiger partial charge on any atom is 0.297 e. The lowest BCUT2D eigenvalue weighted by atomic mass is 10.0. The van der Waals surface area contributed by atoms with Crippen molar-refractivity contribution >= 4 is 43.6 Å². The number of aromatic nitrogens is 1. The fraction of sp³-hybridized carbons (Fsp3) is 0.0455. The quantitative estimate of drug-likeness (QED) is 0.428. The average molecular weight is 400 g/mol. The highest BCUT2D eigenvalue weighted by Crippen LogP contribution is 2.43. The standard InChI is InChI=1S/C22H12N2O4S/c25-19-12-6-1-3-8-14(12)28-20-17(19)18(15-9-5-11-27-15)24(21(20)26)22-23-13-7-2-4-10-16(13)29-22/h1-11,18H/t18-/m0/s1. The van der Waals surface area contributed by atoms with Gasteiger partial charge in [-0.3, -0.25) is 14.5 Å². The maximum atomic E-state index is 13.4. The summed E-state index contributed by atoms with van der Waals surface area (Å²) in [5.41, 5.74) is 1.22. The first-order valence-electron chi connectivity index (χ1n) is 9.00. The molecule has 3 aromatic heterocycles. The van der Waals surface area contributed by atoms with Gasteiger partial charge >= 0.3 is 0 Å². The topological polar surface area (TPSA) is 76.6 Å². The third-order valence-corrected chi connectivity index (χ3v) is 6.11. The summed E-state index contributed by atoms with van der Waals surface area (Å²) in [4.78, 5) is 32.8. The number of hydrogen-bond acceptors (Lipinski definition) is 6. The van der Waals surface area contributed by atoms with Crippen LogP contribution in [0.25, 0.3) is 21.2 Å². The monoisotopic (exact) mass is 400 g/mol. The summed E-state index contributed by atoms with van der Waals surface area (Å²) in [7, 11) is 0. The molecular weight excluding hydrogens is 388 g/mol. The van der Waals surface area contributed by atoms with Gasteiger partial charge in [0.1, 0.15) is 17.4 Å². The van der Waals surface area contributed by atoms with Crippen molar-refractivity contribution in [1.29, 1.82) is 0 Å². The number of nitrogens with zero attached hydrogens (tertiary/aromatic N) is 2. The summed E-state index contributed by atoms with van der Waals surface area (Å²) in [5, 5.41) is 0.925. The number of furan rings is 1. The molecule has 0 fully saturated rings. The molecule has 0 aliphatic carbocycles. The summed E-state index contributed by atoms with van der Waals surface area (Å²) in [6, 6.07) is 17.3. The molecule has 7 heteroatoms. The number of carbonyl (C=O) groups is 1. The number of fused-ring (bicyclic) bond motifs is 3. The van der Waals surface area contributed by atoms with Crippen LogP contribution in [0, 0.1) is 0 Å². The summed E-state index contributed by atoms with van der Waals surface area (Å²) >= 11 is 1.39. The van der Waals surface area contributed by atoms with E-state index < -0.39 is 11.9 Å². The van der Waals surface area contributed by atoms with Crippen molar-refractivity contribution < 1.29 is 13.6 Å². The Labute approximate surface area is 167 Å². The minimum absolute atomic E-state index is 0.0364. The van der Waals surface area contributed by atoms with Crippen molar-refractivity contribution in [3.05, 3.63) is 94.2 Å². The fourth-order valence-corrected chi connectivity index (χ4v) is 4.79. The lowest BCUT2D eigenvalue weighted by Gasteiger charge is -2.19. The van der Waals surface area contributed by atoms with Gasteiger partial charge in [0.2, 0.25) is 5.76 Å². The molecule has 0 saturated heterocycles. The molecule has 0 N–H and O–H groups in total. The van der Waals surface area contributed by atoms with Crippen LogP contribution in [0.4, 0.5) is 5.13 Å². The van der Waals surface area contributed by atoms with Crippen LogP contribution in [0.2, 0.25) is 0 Å². The highest BCUT2D eigenvalue weighted by atomic mass is 32.1. The molecule has 0 saturated carbocycles. The Morgan fingerprint density at radius 3 is 2.62 bits per heavy atom. The Morgan fingerprint density at radius 2 is 1.79 bits per heavy atom. The minimum Gasteiger partial charge on any atom is -0.467 e. The normalized spacial score (nSPS) is 16.1. The number of anilines is 1. The number of hydrogen-bond donors (Lipinski definition) is 0. The van der Waals surface area contributed by atoms with Crippen LogP contribution in [0.3, 0.4) is 0 Å². The third kappa shape index (κ3) is 2.25. The zero-order valence-electron chi connectivity index (χ0n) is 14.9. The first-order chi connectivity index (χ1) is 14.2. The van der Waals surface area contributed by atoms with Gasteiger partial charge in [-0.05, 0) is 36.4 Å². The molecule has 5 aromatic rings. The van der Waals surface area contributed by atoms with Gasteiger partial charge in [-0.1, -0.05) is 35.6 Å².